The highest BCUT2D eigenvalue weighted by atomic mass is 16.7. The Morgan fingerprint density at radius 1 is 1.30 bits per heavy atom. The summed E-state index contributed by atoms with van der Waals surface area (Å²) in [5.74, 6) is 0.944. The van der Waals surface area contributed by atoms with Gasteiger partial charge in [0, 0.05) is 12.0 Å². The van der Waals surface area contributed by atoms with Gasteiger partial charge in [0.25, 0.3) is 0 Å². The molecule has 27 heavy (non-hydrogen) atoms. The van der Waals surface area contributed by atoms with Crippen LogP contribution in [0.15, 0.2) is 24.3 Å². The van der Waals surface area contributed by atoms with Crippen LogP contribution in [0.3, 0.4) is 0 Å². The second kappa shape index (κ2) is 8.90. The van der Waals surface area contributed by atoms with E-state index in [0.717, 1.165) is 36.2 Å². The number of carbonyl (C=O) groups is 1. The molecule has 146 valence electrons. The molecule has 7 heteroatoms. The second-order valence-electron chi connectivity index (χ2n) is 6.26. The van der Waals surface area contributed by atoms with Gasteiger partial charge in [-0.3, -0.25) is 9.48 Å². The summed E-state index contributed by atoms with van der Waals surface area (Å²) in [7, 11) is 1.61. The fourth-order valence-corrected chi connectivity index (χ4v) is 3.04. The lowest BCUT2D eigenvalue weighted by Crippen LogP contribution is -2.16. The molecule has 0 unspecified atom stereocenters. The van der Waals surface area contributed by atoms with Crippen LogP contribution < -0.4 is 9.47 Å². The summed E-state index contributed by atoms with van der Waals surface area (Å²) in [6, 6.07) is 7.67. The van der Waals surface area contributed by atoms with Crippen LogP contribution in [0.4, 0.5) is 0 Å². The van der Waals surface area contributed by atoms with E-state index >= 15 is 0 Å². The average molecular weight is 374 g/mol. The Morgan fingerprint density at radius 3 is 2.81 bits per heavy atom. The molecule has 7 nitrogen and oxygen atoms in total. The number of hydrogen-bond acceptors (Lipinski definition) is 6. The molecule has 1 fully saturated rings. The van der Waals surface area contributed by atoms with Gasteiger partial charge in [0.15, 0.2) is 17.8 Å². The molecule has 0 N–H and O–H groups in total. The summed E-state index contributed by atoms with van der Waals surface area (Å²) in [5.41, 5.74) is 2.63. The molecule has 1 aromatic heterocycles. The zero-order valence-electron chi connectivity index (χ0n) is 16.1. The first kappa shape index (κ1) is 19.2. The van der Waals surface area contributed by atoms with Crippen LogP contribution in [0.25, 0.3) is 11.3 Å². The number of ether oxygens (including phenoxy) is 4. The molecule has 0 bridgehead atoms. The van der Waals surface area contributed by atoms with Gasteiger partial charge in [-0.2, -0.15) is 5.10 Å². The summed E-state index contributed by atoms with van der Waals surface area (Å²) < 4.78 is 23.7. The molecule has 2 aromatic rings. The molecule has 0 saturated carbocycles. The zero-order chi connectivity index (χ0) is 19.2. The Morgan fingerprint density at radius 2 is 2.15 bits per heavy atom. The first-order chi connectivity index (χ1) is 13.1. The lowest BCUT2D eigenvalue weighted by Gasteiger charge is -2.16. The topological polar surface area (TPSA) is 71.8 Å². The Bertz CT molecular complexity index is 781. The number of methoxy groups -OCH3 is 1. The molecule has 1 aliphatic rings. The van der Waals surface area contributed by atoms with Crippen molar-refractivity contribution < 1.29 is 23.7 Å². The third-order valence-electron chi connectivity index (χ3n) is 4.38. The van der Waals surface area contributed by atoms with Crippen molar-refractivity contribution in [3.63, 3.8) is 0 Å². The minimum absolute atomic E-state index is 0.0666. The first-order valence-electron chi connectivity index (χ1n) is 9.33. The van der Waals surface area contributed by atoms with E-state index in [1.165, 1.54) is 0 Å². The largest absolute Gasteiger partial charge is 0.493 e. The monoisotopic (exact) mass is 374 g/mol. The standard InChI is InChI=1S/C20H26N2O5/c1-4-15-12-16(22(21-15)13-19(23)25-5-2)14-8-9-17(24-3)18(11-14)27-20-7-6-10-26-20/h8-9,11-12,20H,4-7,10,13H2,1-3H3/t20-/m0/s1. The average Bonchev–Trinajstić information content (AvgIpc) is 3.31. The van der Waals surface area contributed by atoms with Crippen LogP contribution in [0.1, 0.15) is 32.4 Å². The van der Waals surface area contributed by atoms with E-state index in [2.05, 4.69) is 5.10 Å². The number of benzene rings is 1. The van der Waals surface area contributed by atoms with Crippen molar-refractivity contribution in [2.75, 3.05) is 20.3 Å². The van der Waals surface area contributed by atoms with Gasteiger partial charge in [-0.15, -0.1) is 0 Å². The summed E-state index contributed by atoms with van der Waals surface area (Å²) in [4.78, 5) is 11.9. The smallest absolute Gasteiger partial charge is 0.327 e. The molecule has 0 amide bonds. The molecule has 0 spiro atoms. The van der Waals surface area contributed by atoms with Crippen LogP contribution in [-0.4, -0.2) is 42.4 Å². The van der Waals surface area contributed by atoms with Crippen molar-refractivity contribution >= 4 is 5.97 Å². The van der Waals surface area contributed by atoms with E-state index in [-0.39, 0.29) is 18.8 Å². The van der Waals surface area contributed by atoms with Crippen molar-refractivity contribution in [3.05, 3.63) is 30.0 Å². The van der Waals surface area contributed by atoms with Crippen LogP contribution >= 0.6 is 0 Å². The number of esters is 1. The van der Waals surface area contributed by atoms with Crippen molar-refractivity contribution in [2.24, 2.45) is 0 Å². The Kier molecular flexibility index (Phi) is 6.34. The van der Waals surface area contributed by atoms with Crippen LogP contribution in [-0.2, 0) is 27.2 Å². The highest BCUT2D eigenvalue weighted by molar-refractivity contribution is 5.71. The predicted molar refractivity (Wildman–Crippen MR) is 99.8 cm³/mol. The molecule has 2 heterocycles. The highest BCUT2D eigenvalue weighted by Gasteiger charge is 2.20. The maximum atomic E-state index is 11.9. The number of aryl methyl sites for hydroxylation is 1. The van der Waals surface area contributed by atoms with Gasteiger partial charge in [-0.05, 0) is 44.0 Å². The molecule has 3 rings (SSSR count). The predicted octanol–water partition coefficient (Wildman–Crippen LogP) is 3.20. The van der Waals surface area contributed by atoms with Gasteiger partial charge >= 0.3 is 5.97 Å². The molecule has 0 aliphatic carbocycles. The van der Waals surface area contributed by atoms with E-state index in [9.17, 15) is 4.79 Å². The Labute approximate surface area is 159 Å². The quantitative estimate of drug-likeness (QED) is 0.661. The van der Waals surface area contributed by atoms with E-state index in [4.69, 9.17) is 18.9 Å². The number of hydrogen-bond donors (Lipinski definition) is 0. The van der Waals surface area contributed by atoms with Crippen LogP contribution in [0.5, 0.6) is 11.5 Å². The molecular formula is C20H26N2O5. The van der Waals surface area contributed by atoms with Gasteiger partial charge in [0.1, 0.15) is 6.54 Å². The Hall–Kier alpha value is -2.54. The van der Waals surface area contributed by atoms with Gasteiger partial charge in [0.05, 0.1) is 31.7 Å². The lowest BCUT2D eigenvalue weighted by molar-refractivity contribution is -0.144. The highest BCUT2D eigenvalue weighted by Crippen LogP contribution is 2.34. The SMILES string of the molecule is CCOC(=O)Cn1nc(CC)cc1-c1ccc(OC)c(O[C@H]2CCCO2)c1. The van der Waals surface area contributed by atoms with Crippen molar-refractivity contribution in [1.82, 2.24) is 9.78 Å². The van der Waals surface area contributed by atoms with E-state index < -0.39 is 0 Å². The van der Waals surface area contributed by atoms with E-state index in [1.807, 2.05) is 31.2 Å². The van der Waals surface area contributed by atoms with Gasteiger partial charge in [-0.25, -0.2) is 0 Å². The molecule has 1 aliphatic heterocycles. The third-order valence-corrected chi connectivity index (χ3v) is 4.38. The minimum Gasteiger partial charge on any atom is -0.493 e. The van der Waals surface area contributed by atoms with Crippen LogP contribution in [0.2, 0.25) is 0 Å². The molecule has 1 atom stereocenters. The second-order valence-corrected chi connectivity index (χ2v) is 6.26. The normalized spacial score (nSPS) is 16.3. The fourth-order valence-electron chi connectivity index (χ4n) is 3.04. The van der Waals surface area contributed by atoms with E-state index in [1.54, 1.807) is 18.7 Å². The zero-order valence-corrected chi connectivity index (χ0v) is 16.1. The minimum atomic E-state index is -0.311. The maximum absolute atomic E-state index is 11.9. The molecule has 0 radical (unpaired) electrons. The van der Waals surface area contributed by atoms with Crippen molar-refractivity contribution in [2.45, 2.75) is 45.9 Å². The molecule has 1 aromatic carbocycles. The summed E-state index contributed by atoms with van der Waals surface area (Å²) in [6.45, 7) is 4.94. The number of aromatic nitrogens is 2. The van der Waals surface area contributed by atoms with Crippen LogP contribution in [0, 0.1) is 0 Å². The number of carbonyl (C=O) groups excluding carboxylic acids is 1. The van der Waals surface area contributed by atoms with Crippen molar-refractivity contribution in [1.29, 1.82) is 0 Å². The summed E-state index contributed by atoms with van der Waals surface area (Å²) in [5, 5.41) is 4.52. The Balaban J connectivity index is 1.92. The molecule has 1 saturated heterocycles. The summed E-state index contributed by atoms with van der Waals surface area (Å²) >= 11 is 0. The summed E-state index contributed by atoms with van der Waals surface area (Å²) in [6.07, 6.45) is 2.36. The lowest BCUT2D eigenvalue weighted by atomic mass is 10.1. The van der Waals surface area contributed by atoms with Crippen molar-refractivity contribution in [3.8, 4) is 22.8 Å². The van der Waals surface area contributed by atoms with E-state index in [0.29, 0.717) is 24.7 Å². The number of nitrogens with zero attached hydrogens (tertiary/aromatic N) is 2. The fraction of sp³-hybridized carbons (Fsp3) is 0.500. The van der Waals surface area contributed by atoms with Gasteiger partial charge in [-0.1, -0.05) is 6.92 Å². The van der Waals surface area contributed by atoms with Gasteiger partial charge in [0.2, 0.25) is 0 Å². The van der Waals surface area contributed by atoms with Gasteiger partial charge < -0.3 is 18.9 Å². The maximum Gasteiger partial charge on any atom is 0.327 e. The third kappa shape index (κ3) is 4.60. The molecular weight excluding hydrogens is 348 g/mol. The first-order valence-corrected chi connectivity index (χ1v) is 9.33. The number of rotatable bonds is 8.